The first-order valence-electron chi connectivity index (χ1n) is 6.93. The molecule has 0 aliphatic carbocycles. The highest BCUT2D eigenvalue weighted by Gasteiger charge is 2.13. The van der Waals surface area contributed by atoms with Crippen LogP contribution in [0.3, 0.4) is 0 Å². The van der Waals surface area contributed by atoms with Gasteiger partial charge in [0.2, 0.25) is 0 Å². The van der Waals surface area contributed by atoms with Gasteiger partial charge in [-0.25, -0.2) is 4.79 Å². The average Bonchev–Trinajstić information content (AvgIpc) is 2.29. The summed E-state index contributed by atoms with van der Waals surface area (Å²) < 4.78 is 10.2. The van der Waals surface area contributed by atoms with Crippen LogP contribution >= 0.6 is 0 Å². The molecule has 0 saturated carbocycles. The molecule has 0 aromatic heterocycles. The molecule has 0 spiro atoms. The van der Waals surface area contributed by atoms with E-state index in [0.29, 0.717) is 0 Å². The van der Waals surface area contributed by atoms with Gasteiger partial charge in [0.15, 0.2) is 0 Å². The molecule has 0 heterocycles. The molecule has 0 unspecified atom stereocenters. The molecule has 0 atom stereocenters. The largest absolute Gasteiger partial charge is 0.461 e. The Morgan fingerprint density at radius 2 is 1.53 bits per heavy atom. The monoisotopic (exact) mass is 244 g/mol. The third kappa shape index (κ3) is 10.3. The molecule has 3 nitrogen and oxygen atoms in total. The molecule has 0 bridgehead atoms. The summed E-state index contributed by atoms with van der Waals surface area (Å²) in [6.45, 7) is 4.43. The second-order valence-electron chi connectivity index (χ2n) is 4.54. The summed E-state index contributed by atoms with van der Waals surface area (Å²) in [7, 11) is 1.52. The topological polar surface area (TPSA) is 35.5 Å². The fraction of sp³-hybridized carbons (Fsp3) is 0.929. The molecule has 3 heteroatoms. The van der Waals surface area contributed by atoms with Crippen LogP contribution in [0.1, 0.15) is 65.2 Å². The van der Waals surface area contributed by atoms with Crippen molar-refractivity contribution in [2.75, 3.05) is 13.7 Å². The number of esters is 1. The summed E-state index contributed by atoms with van der Waals surface area (Å²) in [5.74, 6) is -0.231. The maximum Gasteiger partial charge on any atom is 0.332 e. The Kier molecular flexibility index (Phi) is 11.5. The number of hydrogen-bond acceptors (Lipinski definition) is 3. The van der Waals surface area contributed by atoms with Crippen molar-refractivity contribution >= 4 is 5.97 Å². The highest BCUT2D eigenvalue weighted by molar-refractivity contribution is 5.70. The normalized spacial score (nSPS) is 10.8. The number of methoxy groups -OCH3 is 1. The van der Waals surface area contributed by atoms with Crippen molar-refractivity contribution in [1.29, 1.82) is 0 Å². The molecule has 0 amide bonds. The minimum atomic E-state index is -0.231. The Balaban J connectivity index is 3.86. The summed E-state index contributed by atoms with van der Waals surface area (Å²) >= 11 is 0. The molecule has 0 aliphatic rings. The second kappa shape index (κ2) is 11.9. The lowest BCUT2D eigenvalue weighted by Crippen LogP contribution is -2.21. The van der Waals surface area contributed by atoms with Crippen molar-refractivity contribution in [2.24, 2.45) is 0 Å². The van der Waals surface area contributed by atoms with E-state index < -0.39 is 0 Å². The molecule has 0 aliphatic heterocycles. The smallest absolute Gasteiger partial charge is 0.332 e. The molecule has 0 aromatic carbocycles. The van der Waals surface area contributed by atoms with E-state index >= 15 is 0 Å². The summed E-state index contributed by atoms with van der Waals surface area (Å²) in [6, 6.07) is 0. The maximum absolute atomic E-state index is 11.4. The summed E-state index contributed by atoms with van der Waals surface area (Å²) in [6.07, 6.45) is 9.21. The Labute approximate surface area is 106 Å². The fourth-order valence-electron chi connectivity index (χ4n) is 1.84. The molecule has 0 radical (unpaired) electrons. The minimum absolute atomic E-state index is 0.0675. The van der Waals surface area contributed by atoms with E-state index in [0.717, 1.165) is 25.7 Å². The Morgan fingerprint density at radius 3 is 1.94 bits per heavy atom. The highest BCUT2D eigenvalue weighted by atomic mass is 16.6. The van der Waals surface area contributed by atoms with E-state index in [9.17, 15) is 4.79 Å². The van der Waals surface area contributed by atoms with Gasteiger partial charge in [-0.05, 0) is 25.7 Å². The van der Waals surface area contributed by atoms with Crippen molar-refractivity contribution in [3.8, 4) is 0 Å². The molecule has 0 N–H and O–H groups in total. The zero-order chi connectivity index (χ0) is 12.9. The zero-order valence-corrected chi connectivity index (χ0v) is 11.7. The highest BCUT2D eigenvalue weighted by Crippen LogP contribution is 2.14. The van der Waals surface area contributed by atoms with Crippen LogP contribution in [0.4, 0.5) is 0 Å². The van der Waals surface area contributed by atoms with Crippen LogP contribution in [0.15, 0.2) is 0 Å². The number of ether oxygens (including phenoxy) is 2. The van der Waals surface area contributed by atoms with Gasteiger partial charge in [0.25, 0.3) is 0 Å². The van der Waals surface area contributed by atoms with Crippen molar-refractivity contribution in [3.63, 3.8) is 0 Å². The predicted octanol–water partition coefficient (Wildman–Crippen LogP) is 3.71. The van der Waals surface area contributed by atoms with Gasteiger partial charge in [0.05, 0.1) is 0 Å². The van der Waals surface area contributed by atoms with E-state index in [1.54, 1.807) is 0 Å². The quantitative estimate of drug-likeness (QED) is 0.410. The Morgan fingerprint density at radius 1 is 1.00 bits per heavy atom. The SMILES string of the molecule is CCCCCC(CCCCC)OC(=O)COC. The van der Waals surface area contributed by atoms with E-state index in [2.05, 4.69) is 13.8 Å². The van der Waals surface area contributed by atoms with Gasteiger partial charge in [-0.1, -0.05) is 39.5 Å². The van der Waals surface area contributed by atoms with Crippen LogP contribution in [0.2, 0.25) is 0 Å². The van der Waals surface area contributed by atoms with Crippen LogP contribution in [0.5, 0.6) is 0 Å². The first-order chi connectivity index (χ1) is 8.24. The Bertz CT molecular complexity index is 170. The molecular formula is C14H28O3. The Hall–Kier alpha value is -0.570. The van der Waals surface area contributed by atoms with Gasteiger partial charge >= 0.3 is 5.97 Å². The van der Waals surface area contributed by atoms with Crippen LogP contribution in [0, 0.1) is 0 Å². The first kappa shape index (κ1) is 16.4. The third-order valence-corrected chi connectivity index (χ3v) is 2.82. The molecule has 0 aromatic rings. The van der Waals surface area contributed by atoms with Gasteiger partial charge < -0.3 is 9.47 Å². The molecule has 0 fully saturated rings. The van der Waals surface area contributed by atoms with Crippen LogP contribution in [-0.2, 0) is 14.3 Å². The number of rotatable bonds is 11. The van der Waals surface area contributed by atoms with Crippen LogP contribution < -0.4 is 0 Å². The standard InChI is InChI=1S/C14H28O3/c1-4-6-8-10-13(11-9-7-5-2)17-14(15)12-16-3/h13H,4-12H2,1-3H3. The molecule has 17 heavy (non-hydrogen) atoms. The van der Waals surface area contributed by atoms with Gasteiger partial charge in [0.1, 0.15) is 12.7 Å². The van der Waals surface area contributed by atoms with E-state index in [4.69, 9.17) is 9.47 Å². The maximum atomic E-state index is 11.4. The summed E-state index contributed by atoms with van der Waals surface area (Å²) in [5, 5.41) is 0. The molecule has 0 rings (SSSR count). The fourth-order valence-corrected chi connectivity index (χ4v) is 1.84. The molecular weight excluding hydrogens is 216 g/mol. The van der Waals surface area contributed by atoms with E-state index in [-0.39, 0.29) is 18.7 Å². The van der Waals surface area contributed by atoms with Gasteiger partial charge in [-0.15, -0.1) is 0 Å². The van der Waals surface area contributed by atoms with Crippen molar-refractivity contribution in [1.82, 2.24) is 0 Å². The van der Waals surface area contributed by atoms with Crippen molar-refractivity contribution in [2.45, 2.75) is 71.3 Å². The summed E-state index contributed by atoms with van der Waals surface area (Å²) in [5.41, 5.74) is 0. The number of carbonyl (C=O) groups is 1. The van der Waals surface area contributed by atoms with E-state index in [1.807, 2.05) is 0 Å². The van der Waals surface area contributed by atoms with Gasteiger partial charge in [-0.3, -0.25) is 0 Å². The van der Waals surface area contributed by atoms with Gasteiger partial charge in [-0.2, -0.15) is 0 Å². The van der Waals surface area contributed by atoms with E-state index in [1.165, 1.54) is 32.8 Å². The summed E-state index contributed by atoms with van der Waals surface area (Å²) in [4.78, 5) is 11.4. The lowest BCUT2D eigenvalue weighted by atomic mass is 10.0. The number of hydrogen-bond donors (Lipinski definition) is 0. The van der Waals surface area contributed by atoms with Crippen molar-refractivity contribution in [3.05, 3.63) is 0 Å². The molecule has 0 saturated heterocycles. The van der Waals surface area contributed by atoms with Crippen molar-refractivity contribution < 1.29 is 14.3 Å². The van der Waals surface area contributed by atoms with Crippen LogP contribution in [0.25, 0.3) is 0 Å². The average molecular weight is 244 g/mol. The number of unbranched alkanes of at least 4 members (excludes halogenated alkanes) is 4. The lowest BCUT2D eigenvalue weighted by molar-refractivity contribution is -0.154. The second-order valence-corrected chi connectivity index (χ2v) is 4.54. The minimum Gasteiger partial charge on any atom is -0.461 e. The zero-order valence-electron chi connectivity index (χ0n) is 11.7. The van der Waals surface area contributed by atoms with Gasteiger partial charge in [0, 0.05) is 7.11 Å². The molecule has 102 valence electrons. The first-order valence-corrected chi connectivity index (χ1v) is 6.93. The predicted molar refractivity (Wildman–Crippen MR) is 70.0 cm³/mol. The van der Waals surface area contributed by atoms with Crippen LogP contribution in [-0.4, -0.2) is 25.8 Å². The lowest BCUT2D eigenvalue weighted by Gasteiger charge is -2.17. The number of carbonyl (C=O) groups excluding carboxylic acids is 1. The third-order valence-electron chi connectivity index (χ3n) is 2.82.